The fourth-order valence-corrected chi connectivity index (χ4v) is 7.91. The second kappa shape index (κ2) is 17.5. The molecule has 0 bridgehead atoms. The van der Waals surface area contributed by atoms with E-state index in [1.165, 1.54) is 18.3 Å². The third-order valence-corrected chi connectivity index (χ3v) is 11.1. The maximum atomic E-state index is 15.1. The van der Waals surface area contributed by atoms with Gasteiger partial charge in [-0.15, -0.1) is 90.0 Å². The van der Waals surface area contributed by atoms with E-state index in [0.29, 0.717) is 35.1 Å². The van der Waals surface area contributed by atoms with E-state index in [2.05, 4.69) is 69.1 Å². The van der Waals surface area contributed by atoms with Gasteiger partial charge in [-0.25, -0.2) is 4.39 Å². The van der Waals surface area contributed by atoms with Crippen molar-refractivity contribution in [1.29, 1.82) is 0 Å². The van der Waals surface area contributed by atoms with Gasteiger partial charge < -0.3 is 19.4 Å². The smallest absolute Gasteiger partial charge is 0.500 e. The molecular weight excluding hydrogens is 930 g/mol. The molecule has 0 aliphatic heterocycles. The number of nitrogens with zero attached hydrogens (tertiary/aromatic N) is 3. The van der Waals surface area contributed by atoms with Gasteiger partial charge in [0.2, 0.25) is 0 Å². The molecule has 0 saturated heterocycles. The molecule has 0 spiro atoms. The number of furan rings is 1. The first kappa shape index (κ1) is 35.7. The van der Waals surface area contributed by atoms with Gasteiger partial charge in [0.25, 0.3) is 0 Å². The van der Waals surface area contributed by atoms with E-state index in [0.717, 1.165) is 44.8 Å². The van der Waals surface area contributed by atoms with Crippen LogP contribution < -0.4 is 0 Å². The molecule has 0 aliphatic carbocycles. The Balaban J connectivity index is 0.00000592. The molecule has 9 aromatic rings. The first-order chi connectivity index (χ1) is 31.0. The predicted molar refractivity (Wildman–Crippen MR) is 240 cm³/mol. The van der Waals surface area contributed by atoms with Crippen LogP contribution >= 0.6 is 0 Å². The SMILES string of the molecule is [2H]c1ccc2oc3c(-c4ccc(C([2H])([2H])C([2H])([2H])c5cc(CC(C)(C)c6ccc(-c7[c-]cccc7)nc6)cc(CC(C)(C)c6ccc(-c7[c-]cccc7)nc6)c5)cn4)[c-]ccc3c2c1F.[Ir+3]. The Bertz CT molecular complexity index is 3040. The van der Waals surface area contributed by atoms with E-state index in [-0.39, 0.29) is 48.2 Å². The average Bonchev–Trinajstić information content (AvgIpc) is 3.70. The van der Waals surface area contributed by atoms with Crippen molar-refractivity contribution in [2.75, 3.05) is 0 Å². The molecule has 0 radical (unpaired) electrons. The molecule has 61 heavy (non-hydrogen) atoms. The molecule has 4 nitrogen and oxygen atoms in total. The summed E-state index contributed by atoms with van der Waals surface area (Å²) in [4.78, 5) is 14.1. The summed E-state index contributed by atoms with van der Waals surface area (Å²) in [5.41, 5.74) is 8.07. The second-order valence-corrected chi connectivity index (χ2v) is 16.5. The van der Waals surface area contributed by atoms with E-state index in [9.17, 15) is 5.48 Å². The van der Waals surface area contributed by atoms with Crippen molar-refractivity contribution in [3.05, 3.63) is 209 Å². The molecule has 0 saturated carbocycles. The number of halogens is 1. The van der Waals surface area contributed by atoms with Gasteiger partial charge in [-0.2, -0.15) is 0 Å². The van der Waals surface area contributed by atoms with Gasteiger partial charge in [-0.05, 0) is 99.0 Å². The molecule has 302 valence electrons. The minimum atomic E-state index is -2.54. The van der Waals surface area contributed by atoms with Crippen LogP contribution in [0, 0.1) is 24.0 Å². The number of hydrogen-bond acceptors (Lipinski definition) is 4. The van der Waals surface area contributed by atoms with Crippen molar-refractivity contribution in [2.24, 2.45) is 0 Å². The summed E-state index contributed by atoms with van der Waals surface area (Å²) in [6.45, 7) is 8.55. The molecule has 5 aromatic carbocycles. The normalized spacial score (nSPS) is 13.5. The van der Waals surface area contributed by atoms with Crippen LogP contribution in [0.15, 0.2) is 156 Å². The summed E-state index contributed by atoms with van der Waals surface area (Å²) in [5.74, 6) is -0.682. The number of pyridine rings is 3. The van der Waals surface area contributed by atoms with Gasteiger partial charge in [-0.3, -0.25) is 0 Å². The van der Waals surface area contributed by atoms with Gasteiger partial charge in [0.1, 0.15) is 11.4 Å². The predicted octanol–water partition coefficient (Wildman–Crippen LogP) is 13.1. The topological polar surface area (TPSA) is 51.8 Å². The van der Waals surface area contributed by atoms with Crippen molar-refractivity contribution in [3.8, 4) is 33.8 Å². The van der Waals surface area contributed by atoms with E-state index >= 15 is 4.39 Å². The van der Waals surface area contributed by atoms with Crippen LogP contribution in [0.4, 0.5) is 4.39 Å². The van der Waals surface area contributed by atoms with E-state index in [1.54, 1.807) is 36.4 Å². The van der Waals surface area contributed by atoms with Crippen LogP contribution in [0.1, 0.15) is 67.9 Å². The molecule has 9 rings (SSSR count). The molecule has 4 heterocycles. The summed E-state index contributed by atoms with van der Waals surface area (Å²) in [6, 6.07) is 48.0. The largest absolute Gasteiger partial charge is 3.00 e. The minimum Gasteiger partial charge on any atom is -0.500 e. The number of fused-ring (bicyclic) bond motifs is 3. The van der Waals surface area contributed by atoms with Gasteiger partial charge >= 0.3 is 20.1 Å². The van der Waals surface area contributed by atoms with Crippen molar-refractivity contribution in [1.82, 2.24) is 15.0 Å². The van der Waals surface area contributed by atoms with Crippen LogP contribution in [-0.2, 0) is 56.5 Å². The fraction of sp³-hybridized carbons (Fsp3) is 0.182. The third kappa shape index (κ3) is 9.03. The summed E-state index contributed by atoms with van der Waals surface area (Å²) >= 11 is 0. The average molecular weight is 980 g/mol. The van der Waals surface area contributed by atoms with E-state index in [4.69, 9.17) is 15.8 Å². The molecule has 4 aromatic heterocycles. The zero-order chi connectivity index (χ0) is 45.7. The summed E-state index contributed by atoms with van der Waals surface area (Å²) in [7, 11) is 0. The Hall–Kier alpha value is -6.07. The Morgan fingerprint density at radius 1 is 0.607 bits per heavy atom. The van der Waals surface area contributed by atoms with Crippen LogP contribution in [0.25, 0.3) is 55.7 Å². The minimum absolute atomic E-state index is 0. The number of aromatic nitrogens is 3. The molecule has 0 amide bonds. The van der Waals surface area contributed by atoms with Gasteiger partial charge in [-0.1, -0.05) is 99.3 Å². The number of aryl methyl sites for hydroxylation is 2. The molecule has 0 aliphatic rings. The fourth-order valence-electron chi connectivity index (χ4n) is 7.91. The maximum absolute atomic E-state index is 15.1. The molecule has 6 heteroatoms. The van der Waals surface area contributed by atoms with E-state index < -0.39 is 29.4 Å². The third-order valence-electron chi connectivity index (χ3n) is 11.1. The maximum Gasteiger partial charge on any atom is 3.00 e. The summed E-state index contributed by atoms with van der Waals surface area (Å²) in [6.07, 6.45) is 1.13. The quantitative estimate of drug-likeness (QED) is 0.114. The van der Waals surface area contributed by atoms with Crippen molar-refractivity contribution < 1.29 is 35.8 Å². The Morgan fingerprint density at radius 3 is 1.72 bits per heavy atom. The van der Waals surface area contributed by atoms with Crippen LogP contribution in [-0.4, -0.2) is 15.0 Å². The summed E-state index contributed by atoms with van der Waals surface area (Å²) in [5, 5.41) is 0.670. The van der Waals surface area contributed by atoms with Gasteiger partial charge in [0, 0.05) is 29.5 Å². The zero-order valence-electron chi connectivity index (χ0n) is 39.2. The molecule has 0 atom stereocenters. The molecule has 0 unspecified atom stereocenters. The van der Waals surface area contributed by atoms with Crippen LogP contribution in [0.5, 0.6) is 0 Å². The molecule has 0 N–H and O–H groups in total. The Morgan fingerprint density at radius 2 is 1.18 bits per heavy atom. The van der Waals surface area contributed by atoms with Crippen molar-refractivity contribution in [2.45, 2.75) is 64.1 Å². The molecule has 0 fully saturated rings. The van der Waals surface area contributed by atoms with Gasteiger partial charge in [0.15, 0.2) is 0 Å². The van der Waals surface area contributed by atoms with Gasteiger partial charge in [0.05, 0.1) is 6.95 Å². The summed E-state index contributed by atoms with van der Waals surface area (Å²) < 4.78 is 67.1. The van der Waals surface area contributed by atoms with Crippen molar-refractivity contribution >= 4 is 21.9 Å². The number of hydrogen-bond donors (Lipinski definition) is 0. The Labute approximate surface area is 378 Å². The standard InChI is InChI=1S/C55H45FN3O.Ir/c1-54(2,43-24-27-48(58-35-43)41-13-7-5-8-14-41)32-39-29-38(30-40(31-39)33-55(3,4)44-25-28-49(59-36-44)42-15-9-6-10-16-42)22-21-37-23-26-50(57-34-37)45-17-11-18-46-52-47(56)19-12-20-51(52)60-53(45)46;/h5-13,15,18-20,23-31,34-36H,21-22,32-33H2,1-4H3;/q-3;+3/i19D,21D2,22D2;. The van der Waals surface area contributed by atoms with E-state index in [1.807, 2.05) is 73.1 Å². The van der Waals surface area contributed by atoms with Crippen molar-refractivity contribution in [3.63, 3.8) is 0 Å². The monoisotopic (exact) mass is 980 g/mol. The number of benzene rings is 5. The zero-order valence-corrected chi connectivity index (χ0v) is 36.6. The molecular formula is C55H45FIrN3O. The van der Waals surface area contributed by atoms with Crippen LogP contribution in [0.2, 0.25) is 0 Å². The van der Waals surface area contributed by atoms with Crippen LogP contribution in [0.3, 0.4) is 0 Å². The first-order valence-electron chi connectivity index (χ1n) is 22.5. The number of rotatable bonds is 12. The first-order valence-corrected chi connectivity index (χ1v) is 20.0. The second-order valence-electron chi connectivity index (χ2n) is 16.5. The Kier molecular flexibility index (Phi) is 10.2.